The first-order valence-corrected chi connectivity index (χ1v) is 8.06. The highest BCUT2D eigenvalue weighted by Crippen LogP contribution is 2.19. The molecule has 2 aliphatic rings. The Morgan fingerprint density at radius 1 is 1.26 bits per heavy atom. The number of benzene rings is 1. The normalized spacial score (nSPS) is 20.5. The van der Waals surface area contributed by atoms with Gasteiger partial charge in [0.2, 0.25) is 5.91 Å². The number of carbonyl (C=O) groups excluding carboxylic acids is 3. The molecule has 1 fully saturated rings. The minimum Gasteiger partial charge on any atom is -0.336 e. The molecular formula is C17H21N3O3. The molecule has 0 unspecified atom stereocenters. The smallest absolute Gasteiger partial charge is 0.325 e. The standard InChI is InChI=1S/C17H21N3O3/c1-2-5-14-16(22)20(17(23)18-14)11-15(21)19-9-8-12-6-3-4-7-13(12)10-19/h3-4,6-7,14H,2,5,8-11H2,1H3,(H,18,23)/t14-/m1/s1. The van der Waals surface area contributed by atoms with Gasteiger partial charge in [-0.2, -0.15) is 0 Å². The molecule has 4 amide bonds. The van der Waals surface area contributed by atoms with Crippen molar-refractivity contribution in [1.29, 1.82) is 0 Å². The van der Waals surface area contributed by atoms with Crippen molar-refractivity contribution in [3.8, 4) is 0 Å². The van der Waals surface area contributed by atoms with Gasteiger partial charge in [-0.05, 0) is 24.0 Å². The summed E-state index contributed by atoms with van der Waals surface area (Å²) in [7, 11) is 0. The number of hydrogen-bond acceptors (Lipinski definition) is 3. The lowest BCUT2D eigenvalue weighted by molar-refractivity contribution is -0.138. The van der Waals surface area contributed by atoms with E-state index in [2.05, 4.69) is 11.4 Å². The van der Waals surface area contributed by atoms with E-state index >= 15 is 0 Å². The highest BCUT2D eigenvalue weighted by Gasteiger charge is 2.39. The van der Waals surface area contributed by atoms with Gasteiger partial charge in [-0.3, -0.25) is 14.5 Å². The highest BCUT2D eigenvalue weighted by molar-refractivity contribution is 6.06. The van der Waals surface area contributed by atoms with Crippen LogP contribution < -0.4 is 5.32 Å². The van der Waals surface area contributed by atoms with Crippen molar-refractivity contribution in [1.82, 2.24) is 15.1 Å². The van der Waals surface area contributed by atoms with E-state index < -0.39 is 12.1 Å². The molecule has 6 nitrogen and oxygen atoms in total. The minimum absolute atomic E-state index is 0.174. The van der Waals surface area contributed by atoms with Crippen LogP contribution in [0, 0.1) is 0 Å². The van der Waals surface area contributed by atoms with E-state index in [1.807, 2.05) is 25.1 Å². The van der Waals surface area contributed by atoms with Crippen molar-refractivity contribution in [2.45, 2.75) is 38.8 Å². The zero-order valence-electron chi connectivity index (χ0n) is 13.2. The topological polar surface area (TPSA) is 69.7 Å². The van der Waals surface area contributed by atoms with Gasteiger partial charge in [0, 0.05) is 13.1 Å². The molecule has 0 radical (unpaired) electrons. The maximum absolute atomic E-state index is 12.5. The quantitative estimate of drug-likeness (QED) is 0.851. The zero-order valence-corrected chi connectivity index (χ0v) is 13.2. The van der Waals surface area contributed by atoms with Crippen LogP contribution in [0.1, 0.15) is 30.9 Å². The number of rotatable bonds is 4. The molecule has 1 aromatic carbocycles. The number of fused-ring (bicyclic) bond motifs is 1. The fourth-order valence-corrected chi connectivity index (χ4v) is 3.15. The fraction of sp³-hybridized carbons (Fsp3) is 0.471. The third kappa shape index (κ3) is 3.06. The van der Waals surface area contributed by atoms with E-state index in [0.717, 1.165) is 23.3 Å². The third-order valence-electron chi connectivity index (χ3n) is 4.46. The molecule has 0 saturated carbocycles. The summed E-state index contributed by atoms with van der Waals surface area (Å²) >= 11 is 0. The van der Waals surface area contributed by atoms with Crippen LogP contribution in [0.2, 0.25) is 0 Å². The van der Waals surface area contributed by atoms with Crippen molar-refractivity contribution >= 4 is 17.8 Å². The molecule has 1 N–H and O–H groups in total. The second-order valence-corrected chi connectivity index (χ2v) is 6.05. The lowest BCUT2D eigenvalue weighted by Crippen LogP contribution is -2.45. The lowest BCUT2D eigenvalue weighted by atomic mass is 10.00. The van der Waals surface area contributed by atoms with Crippen molar-refractivity contribution < 1.29 is 14.4 Å². The van der Waals surface area contributed by atoms with E-state index in [1.54, 1.807) is 4.90 Å². The Kier molecular flexibility index (Phi) is 4.32. The van der Waals surface area contributed by atoms with Crippen LogP contribution in [-0.4, -0.2) is 46.8 Å². The Balaban J connectivity index is 1.64. The number of carbonyl (C=O) groups is 3. The molecule has 0 aliphatic carbocycles. The molecule has 0 bridgehead atoms. The van der Waals surface area contributed by atoms with E-state index in [1.165, 1.54) is 5.56 Å². The number of imide groups is 1. The molecule has 3 rings (SSSR count). The predicted octanol–water partition coefficient (Wildman–Crippen LogP) is 1.29. The molecule has 1 aromatic rings. The molecule has 122 valence electrons. The number of amides is 4. The van der Waals surface area contributed by atoms with Crippen LogP contribution in [0.4, 0.5) is 4.79 Å². The van der Waals surface area contributed by atoms with E-state index in [9.17, 15) is 14.4 Å². The molecule has 6 heteroatoms. The van der Waals surface area contributed by atoms with Crippen molar-refractivity contribution in [2.24, 2.45) is 0 Å². The number of hydrogen-bond donors (Lipinski definition) is 1. The Morgan fingerprint density at radius 2 is 2.00 bits per heavy atom. The van der Waals surface area contributed by atoms with Gasteiger partial charge in [0.25, 0.3) is 5.91 Å². The van der Waals surface area contributed by atoms with Gasteiger partial charge in [0.15, 0.2) is 0 Å². The van der Waals surface area contributed by atoms with Gasteiger partial charge in [-0.15, -0.1) is 0 Å². The summed E-state index contributed by atoms with van der Waals surface area (Å²) in [6, 6.07) is 7.10. The van der Waals surface area contributed by atoms with Crippen LogP contribution in [0.3, 0.4) is 0 Å². The van der Waals surface area contributed by atoms with Crippen molar-refractivity contribution in [3.63, 3.8) is 0 Å². The maximum Gasteiger partial charge on any atom is 0.325 e. The average Bonchev–Trinajstić information content (AvgIpc) is 2.82. The van der Waals surface area contributed by atoms with E-state index in [4.69, 9.17) is 0 Å². The van der Waals surface area contributed by atoms with Gasteiger partial charge < -0.3 is 10.2 Å². The van der Waals surface area contributed by atoms with Gasteiger partial charge in [-0.25, -0.2) is 4.79 Å². The predicted molar refractivity (Wildman–Crippen MR) is 84.5 cm³/mol. The Bertz CT molecular complexity index is 644. The van der Waals surface area contributed by atoms with E-state index in [0.29, 0.717) is 19.5 Å². The first-order valence-electron chi connectivity index (χ1n) is 8.06. The van der Waals surface area contributed by atoms with Crippen LogP contribution in [-0.2, 0) is 22.6 Å². The molecule has 0 aromatic heterocycles. The first-order chi connectivity index (χ1) is 11.1. The van der Waals surface area contributed by atoms with Gasteiger partial charge in [0.05, 0.1) is 0 Å². The summed E-state index contributed by atoms with van der Waals surface area (Å²) in [5.41, 5.74) is 2.39. The molecule has 1 atom stereocenters. The lowest BCUT2D eigenvalue weighted by Gasteiger charge is -2.29. The second kappa shape index (κ2) is 6.40. The molecule has 0 spiro atoms. The molecule has 2 aliphatic heterocycles. The maximum atomic E-state index is 12.5. The van der Waals surface area contributed by atoms with Crippen LogP contribution in [0.15, 0.2) is 24.3 Å². The number of nitrogens with zero attached hydrogens (tertiary/aromatic N) is 2. The van der Waals surface area contributed by atoms with Gasteiger partial charge >= 0.3 is 6.03 Å². The number of urea groups is 1. The second-order valence-electron chi connectivity index (χ2n) is 6.05. The van der Waals surface area contributed by atoms with E-state index in [-0.39, 0.29) is 18.4 Å². The summed E-state index contributed by atoms with van der Waals surface area (Å²) in [6.45, 7) is 2.94. The van der Waals surface area contributed by atoms with Crippen LogP contribution in [0.5, 0.6) is 0 Å². The minimum atomic E-state index is -0.484. The average molecular weight is 315 g/mol. The summed E-state index contributed by atoms with van der Waals surface area (Å²) in [5, 5.41) is 2.65. The van der Waals surface area contributed by atoms with Gasteiger partial charge in [-0.1, -0.05) is 37.6 Å². The molecule has 1 saturated heterocycles. The Labute approximate surface area is 135 Å². The number of nitrogens with one attached hydrogen (secondary N) is 1. The molecule has 2 heterocycles. The van der Waals surface area contributed by atoms with Crippen molar-refractivity contribution in [2.75, 3.05) is 13.1 Å². The van der Waals surface area contributed by atoms with Gasteiger partial charge in [0.1, 0.15) is 12.6 Å². The highest BCUT2D eigenvalue weighted by atomic mass is 16.2. The summed E-state index contributed by atoms with van der Waals surface area (Å²) in [6.07, 6.45) is 2.22. The Hall–Kier alpha value is -2.37. The molecular weight excluding hydrogens is 294 g/mol. The Morgan fingerprint density at radius 3 is 2.74 bits per heavy atom. The zero-order chi connectivity index (χ0) is 16.4. The van der Waals surface area contributed by atoms with Crippen molar-refractivity contribution in [3.05, 3.63) is 35.4 Å². The van der Waals surface area contributed by atoms with Crippen LogP contribution >= 0.6 is 0 Å². The largest absolute Gasteiger partial charge is 0.336 e. The molecule has 23 heavy (non-hydrogen) atoms. The van der Waals surface area contributed by atoms with Crippen LogP contribution in [0.25, 0.3) is 0 Å². The first kappa shape index (κ1) is 15.5. The monoisotopic (exact) mass is 315 g/mol. The fourth-order valence-electron chi connectivity index (χ4n) is 3.15. The summed E-state index contributed by atoms with van der Waals surface area (Å²) in [4.78, 5) is 39.3. The SMILES string of the molecule is CCC[C@H]1NC(=O)N(CC(=O)N2CCc3ccccc3C2)C1=O. The summed E-state index contributed by atoms with van der Waals surface area (Å²) < 4.78 is 0. The third-order valence-corrected chi connectivity index (χ3v) is 4.46. The summed E-state index contributed by atoms with van der Waals surface area (Å²) in [5.74, 6) is -0.470.